The number of hydrogen-bond acceptors (Lipinski definition) is 4. The smallest absolute Gasteiger partial charge is 0.283 e. The van der Waals surface area contributed by atoms with Crippen molar-refractivity contribution in [3.8, 4) is 11.8 Å². The van der Waals surface area contributed by atoms with Crippen LogP contribution in [-0.4, -0.2) is 24.0 Å². The average molecular weight is 189 g/mol. The Bertz CT molecular complexity index is 424. The van der Waals surface area contributed by atoms with Gasteiger partial charge in [0.05, 0.1) is 0 Å². The lowest BCUT2D eigenvalue weighted by molar-refractivity contribution is -0.123. The van der Waals surface area contributed by atoms with E-state index in [1.165, 1.54) is 4.90 Å². The number of carbonyl (C=O) groups is 1. The van der Waals surface area contributed by atoms with Crippen LogP contribution in [0.4, 0.5) is 5.82 Å². The Morgan fingerprint density at radius 2 is 2.50 bits per heavy atom. The van der Waals surface area contributed by atoms with Crippen LogP contribution in [0.1, 0.15) is 0 Å². The van der Waals surface area contributed by atoms with Crippen LogP contribution in [0.15, 0.2) is 18.3 Å². The first kappa shape index (κ1) is 8.51. The third kappa shape index (κ3) is 1.09. The second-order valence-corrected chi connectivity index (χ2v) is 2.85. The van der Waals surface area contributed by atoms with Crippen molar-refractivity contribution in [2.75, 3.05) is 11.9 Å². The first-order valence-electron chi connectivity index (χ1n) is 4.03. The Balaban J connectivity index is 2.49. The molecule has 1 amide bonds. The summed E-state index contributed by atoms with van der Waals surface area (Å²) in [7, 11) is 1.57. The maximum Gasteiger partial charge on any atom is 0.283 e. The van der Waals surface area contributed by atoms with Crippen LogP contribution in [0, 0.1) is 11.3 Å². The van der Waals surface area contributed by atoms with Crippen molar-refractivity contribution in [1.82, 2.24) is 4.98 Å². The molecule has 2 rings (SSSR count). The van der Waals surface area contributed by atoms with Gasteiger partial charge in [0, 0.05) is 13.2 Å². The number of ether oxygens (including phenoxy) is 1. The molecule has 5 heteroatoms. The molecule has 1 unspecified atom stereocenters. The number of nitrogens with zero attached hydrogens (tertiary/aromatic N) is 3. The number of aromatic nitrogens is 1. The molecule has 1 aromatic rings. The Morgan fingerprint density at radius 3 is 3.21 bits per heavy atom. The molecule has 0 saturated carbocycles. The van der Waals surface area contributed by atoms with Gasteiger partial charge in [-0.2, -0.15) is 5.26 Å². The zero-order chi connectivity index (χ0) is 10.1. The molecule has 70 valence electrons. The topological polar surface area (TPSA) is 66.2 Å². The SMILES string of the molecule is CN1C(=O)C(C#N)Oc2cccnc21. The normalized spacial score (nSPS) is 19.6. The highest BCUT2D eigenvalue weighted by molar-refractivity contribution is 6.00. The van der Waals surface area contributed by atoms with Crippen molar-refractivity contribution in [1.29, 1.82) is 5.26 Å². The largest absolute Gasteiger partial charge is 0.462 e. The average Bonchev–Trinajstić information content (AvgIpc) is 2.23. The molecule has 0 fully saturated rings. The molecule has 0 saturated heterocycles. The van der Waals surface area contributed by atoms with Crippen molar-refractivity contribution >= 4 is 11.7 Å². The van der Waals surface area contributed by atoms with Crippen molar-refractivity contribution in [2.45, 2.75) is 6.10 Å². The maximum absolute atomic E-state index is 11.5. The minimum atomic E-state index is -1.06. The van der Waals surface area contributed by atoms with Gasteiger partial charge in [0.15, 0.2) is 11.6 Å². The van der Waals surface area contributed by atoms with Gasteiger partial charge < -0.3 is 4.74 Å². The molecule has 0 N–H and O–H groups in total. The summed E-state index contributed by atoms with van der Waals surface area (Å²) < 4.78 is 5.15. The Morgan fingerprint density at radius 1 is 1.71 bits per heavy atom. The third-order valence-corrected chi connectivity index (χ3v) is 1.99. The highest BCUT2D eigenvalue weighted by atomic mass is 16.5. The number of fused-ring (bicyclic) bond motifs is 1. The molecule has 0 aliphatic carbocycles. The summed E-state index contributed by atoms with van der Waals surface area (Å²) >= 11 is 0. The second-order valence-electron chi connectivity index (χ2n) is 2.85. The van der Waals surface area contributed by atoms with Crippen LogP contribution < -0.4 is 9.64 Å². The van der Waals surface area contributed by atoms with Gasteiger partial charge in [-0.15, -0.1) is 0 Å². The molecule has 1 aliphatic rings. The van der Waals surface area contributed by atoms with Crippen molar-refractivity contribution in [3.05, 3.63) is 18.3 Å². The van der Waals surface area contributed by atoms with Gasteiger partial charge in [-0.1, -0.05) is 0 Å². The molecule has 0 bridgehead atoms. The number of carbonyl (C=O) groups excluding carboxylic acids is 1. The highest BCUT2D eigenvalue weighted by Crippen LogP contribution is 2.29. The van der Waals surface area contributed by atoms with Crippen LogP contribution in [0.5, 0.6) is 5.75 Å². The molecule has 0 radical (unpaired) electrons. The Hall–Kier alpha value is -2.09. The predicted octanol–water partition coefficient (Wildman–Crippen LogP) is 0.329. The van der Waals surface area contributed by atoms with E-state index in [9.17, 15) is 4.79 Å². The maximum atomic E-state index is 11.5. The molecule has 2 heterocycles. The summed E-state index contributed by atoms with van der Waals surface area (Å²) in [6.07, 6.45) is 0.510. The van der Waals surface area contributed by atoms with E-state index in [2.05, 4.69) is 4.98 Å². The number of amides is 1. The summed E-state index contributed by atoms with van der Waals surface area (Å²) in [4.78, 5) is 16.8. The van der Waals surface area contributed by atoms with Gasteiger partial charge >= 0.3 is 0 Å². The summed E-state index contributed by atoms with van der Waals surface area (Å²) in [5.74, 6) is 0.517. The fourth-order valence-electron chi connectivity index (χ4n) is 1.27. The van der Waals surface area contributed by atoms with E-state index < -0.39 is 12.0 Å². The Labute approximate surface area is 80.5 Å². The van der Waals surface area contributed by atoms with E-state index in [-0.39, 0.29) is 0 Å². The molecular weight excluding hydrogens is 182 g/mol. The lowest BCUT2D eigenvalue weighted by Gasteiger charge is -2.27. The lowest BCUT2D eigenvalue weighted by atomic mass is 10.2. The van der Waals surface area contributed by atoms with Gasteiger partial charge in [-0.25, -0.2) is 4.98 Å². The van der Waals surface area contributed by atoms with Crippen LogP contribution >= 0.6 is 0 Å². The number of likely N-dealkylation sites (N-methyl/N-ethyl adjacent to an activating group) is 1. The summed E-state index contributed by atoms with van der Waals surface area (Å²) in [6.45, 7) is 0. The number of rotatable bonds is 0. The first-order valence-corrected chi connectivity index (χ1v) is 4.03. The molecule has 1 atom stereocenters. The molecule has 5 nitrogen and oxygen atoms in total. The number of nitriles is 1. The van der Waals surface area contributed by atoms with Crippen LogP contribution in [0.25, 0.3) is 0 Å². The van der Waals surface area contributed by atoms with Gasteiger partial charge in [-0.3, -0.25) is 9.69 Å². The monoisotopic (exact) mass is 189 g/mol. The van der Waals surface area contributed by atoms with Crippen LogP contribution in [0.2, 0.25) is 0 Å². The molecule has 0 aromatic carbocycles. The quantitative estimate of drug-likeness (QED) is 0.589. The van der Waals surface area contributed by atoms with Crippen LogP contribution in [-0.2, 0) is 4.79 Å². The van der Waals surface area contributed by atoms with E-state index >= 15 is 0 Å². The number of hydrogen-bond donors (Lipinski definition) is 0. The standard InChI is InChI=1S/C9H7N3O2/c1-12-8-6(3-2-4-11-8)14-7(5-10)9(12)13/h2-4,7H,1H3. The van der Waals surface area contributed by atoms with E-state index in [0.717, 1.165) is 0 Å². The molecule has 1 aliphatic heterocycles. The Kier molecular flexibility index (Phi) is 1.82. The van der Waals surface area contributed by atoms with Gasteiger partial charge in [0.25, 0.3) is 12.0 Å². The first-order chi connectivity index (χ1) is 6.74. The fraction of sp³-hybridized carbons (Fsp3) is 0.222. The van der Waals surface area contributed by atoms with E-state index in [0.29, 0.717) is 11.6 Å². The third-order valence-electron chi connectivity index (χ3n) is 1.99. The van der Waals surface area contributed by atoms with Gasteiger partial charge in [0.1, 0.15) is 6.07 Å². The lowest BCUT2D eigenvalue weighted by Crippen LogP contribution is -2.43. The summed E-state index contributed by atoms with van der Waals surface area (Å²) in [5, 5.41) is 8.66. The van der Waals surface area contributed by atoms with Crippen molar-refractivity contribution < 1.29 is 9.53 Å². The van der Waals surface area contributed by atoms with Crippen LogP contribution in [0.3, 0.4) is 0 Å². The van der Waals surface area contributed by atoms with E-state index in [1.54, 1.807) is 31.4 Å². The fourth-order valence-corrected chi connectivity index (χ4v) is 1.27. The van der Waals surface area contributed by atoms with Gasteiger partial charge in [0.2, 0.25) is 0 Å². The summed E-state index contributed by atoms with van der Waals surface area (Å²) in [5.41, 5.74) is 0. The minimum Gasteiger partial charge on any atom is -0.462 e. The zero-order valence-corrected chi connectivity index (χ0v) is 7.47. The predicted molar refractivity (Wildman–Crippen MR) is 47.7 cm³/mol. The molecule has 1 aromatic heterocycles. The second kappa shape index (κ2) is 3.00. The highest BCUT2D eigenvalue weighted by Gasteiger charge is 2.32. The van der Waals surface area contributed by atoms with Crippen molar-refractivity contribution in [2.24, 2.45) is 0 Å². The molecule has 0 spiro atoms. The molecule has 14 heavy (non-hydrogen) atoms. The van der Waals surface area contributed by atoms with Crippen molar-refractivity contribution in [3.63, 3.8) is 0 Å². The summed E-state index contributed by atoms with van der Waals surface area (Å²) in [6, 6.07) is 5.15. The number of pyridine rings is 1. The molecular formula is C9H7N3O2. The van der Waals surface area contributed by atoms with Gasteiger partial charge in [-0.05, 0) is 12.1 Å². The number of anilines is 1. The van der Waals surface area contributed by atoms with E-state index in [4.69, 9.17) is 10.00 Å². The minimum absolute atomic E-state index is 0.390. The zero-order valence-electron chi connectivity index (χ0n) is 7.47. The van der Waals surface area contributed by atoms with E-state index in [1.807, 2.05) is 0 Å².